The van der Waals surface area contributed by atoms with Gasteiger partial charge in [-0.3, -0.25) is 14.4 Å². The highest BCUT2D eigenvalue weighted by molar-refractivity contribution is 7.17. The zero-order valence-corrected chi connectivity index (χ0v) is 16.6. The molecule has 27 heavy (non-hydrogen) atoms. The molecule has 148 valence electrons. The fourth-order valence-electron chi connectivity index (χ4n) is 3.99. The Morgan fingerprint density at radius 1 is 1.11 bits per heavy atom. The summed E-state index contributed by atoms with van der Waals surface area (Å²) in [7, 11) is 0. The van der Waals surface area contributed by atoms with Crippen molar-refractivity contribution in [1.29, 1.82) is 0 Å². The summed E-state index contributed by atoms with van der Waals surface area (Å²) >= 11 is 1.48. The van der Waals surface area contributed by atoms with Crippen LogP contribution in [0.15, 0.2) is 0 Å². The maximum absolute atomic E-state index is 13.0. The van der Waals surface area contributed by atoms with Crippen LogP contribution < -0.4 is 10.6 Å². The van der Waals surface area contributed by atoms with Gasteiger partial charge in [-0.25, -0.2) is 0 Å². The standard InChI is InChI=1S/C20H28N2O4S/c1-12-7-8-14-15(11-12)27-20(22-16(23)9-10-17(24)25)18(14)19(26)21-13-5-3-2-4-6-13/h12-13H,2-11H2,1H3,(H,21,26)(H,22,23)(H,24,25). The van der Waals surface area contributed by atoms with E-state index in [1.807, 2.05) is 0 Å². The van der Waals surface area contributed by atoms with E-state index >= 15 is 0 Å². The van der Waals surface area contributed by atoms with Crippen molar-refractivity contribution in [2.24, 2.45) is 5.92 Å². The number of carbonyl (C=O) groups excluding carboxylic acids is 2. The number of fused-ring (bicyclic) bond motifs is 1. The van der Waals surface area contributed by atoms with Crippen LogP contribution in [0.1, 0.15) is 79.1 Å². The summed E-state index contributed by atoms with van der Waals surface area (Å²) in [4.78, 5) is 37.1. The van der Waals surface area contributed by atoms with Crippen molar-refractivity contribution in [2.45, 2.75) is 77.2 Å². The van der Waals surface area contributed by atoms with Crippen LogP contribution in [0, 0.1) is 5.92 Å². The molecule has 0 aromatic carbocycles. The molecule has 0 saturated heterocycles. The van der Waals surface area contributed by atoms with Crippen LogP contribution in [0.5, 0.6) is 0 Å². The second-order valence-corrected chi connectivity index (χ2v) is 8.91. The molecule has 0 aliphatic heterocycles. The molecule has 1 saturated carbocycles. The highest BCUT2D eigenvalue weighted by Crippen LogP contribution is 2.40. The Balaban J connectivity index is 1.79. The first-order valence-electron chi connectivity index (χ1n) is 9.91. The average Bonchev–Trinajstić information content (AvgIpc) is 2.97. The van der Waals surface area contributed by atoms with E-state index in [0.29, 0.717) is 16.5 Å². The Morgan fingerprint density at radius 2 is 1.85 bits per heavy atom. The van der Waals surface area contributed by atoms with Crippen molar-refractivity contribution in [2.75, 3.05) is 5.32 Å². The third-order valence-electron chi connectivity index (χ3n) is 5.50. The van der Waals surface area contributed by atoms with E-state index in [9.17, 15) is 14.4 Å². The minimum Gasteiger partial charge on any atom is -0.481 e. The van der Waals surface area contributed by atoms with Crippen LogP contribution >= 0.6 is 11.3 Å². The Labute approximate surface area is 163 Å². The topological polar surface area (TPSA) is 95.5 Å². The molecule has 7 heteroatoms. The minimum absolute atomic E-state index is 0.0853. The lowest BCUT2D eigenvalue weighted by atomic mass is 9.88. The number of hydrogen-bond donors (Lipinski definition) is 3. The van der Waals surface area contributed by atoms with Crippen molar-refractivity contribution >= 4 is 34.1 Å². The molecule has 1 aromatic rings. The second-order valence-electron chi connectivity index (χ2n) is 7.81. The smallest absolute Gasteiger partial charge is 0.303 e. The van der Waals surface area contributed by atoms with Gasteiger partial charge >= 0.3 is 5.97 Å². The van der Waals surface area contributed by atoms with E-state index in [-0.39, 0.29) is 30.7 Å². The number of hydrogen-bond acceptors (Lipinski definition) is 4. The molecule has 3 N–H and O–H groups in total. The van der Waals surface area contributed by atoms with Gasteiger partial charge in [0.25, 0.3) is 5.91 Å². The summed E-state index contributed by atoms with van der Waals surface area (Å²) in [6, 6.07) is 0.208. The predicted molar refractivity (Wildman–Crippen MR) is 105 cm³/mol. The quantitative estimate of drug-likeness (QED) is 0.687. The number of carboxylic acid groups (broad SMARTS) is 1. The molecule has 1 heterocycles. The Morgan fingerprint density at radius 3 is 2.56 bits per heavy atom. The van der Waals surface area contributed by atoms with E-state index in [0.717, 1.165) is 50.5 Å². The van der Waals surface area contributed by atoms with Crippen molar-refractivity contribution in [3.05, 3.63) is 16.0 Å². The van der Waals surface area contributed by atoms with Gasteiger partial charge < -0.3 is 15.7 Å². The normalized spacial score (nSPS) is 20.0. The first-order valence-corrected chi connectivity index (χ1v) is 10.7. The molecule has 6 nitrogen and oxygen atoms in total. The predicted octanol–water partition coefficient (Wildman–Crippen LogP) is 3.74. The first kappa shape index (κ1) is 19.9. The number of carbonyl (C=O) groups is 3. The van der Waals surface area contributed by atoms with Crippen LogP contribution in [0.25, 0.3) is 0 Å². The van der Waals surface area contributed by atoms with E-state index in [1.54, 1.807) is 0 Å². The largest absolute Gasteiger partial charge is 0.481 e. The molecule has 2 amide bonds. The monoisotopic (exact) mass is 392 g/mol. The van der Waals surface area contributed by atoms with Gasteiger partial charge in [0.15, 0.2) is 0 Å². The van der Waals surface area contributed by atoms with Crippen molar-refractivity contribution in [1.82, 2.24) is 5.32 Å². The molecular formula is C20H28N2O4S. The zero-order valence-electron chi connectivity index (χ0n) is 15.8. The van der Waals surface area contributed by atoms with Gasteiger partial charge in [0.05, 0.1) is 12.0 Å². The van der Waals surface area contributed by atoms with Gasteiger partial charge in [-0.05, 0) is 43.6 Å². The fourth-order valence-corrected chi connectivity index (χ4v) is 5.42. The van der Waals surface area contributed by atoms with Gasteiger partial charge in [0, 0.05) is 17.3 Å². The lowest BCUT2D eigenvalue weighted by molar-refractivity contribution is -0.138. The lowest BCUT2D eigenvalue weighted by Gasteiger charge is -2.24. The third kappa shape index (κ3) is 5.09. The van der Waals surface area contributed by atoms with E-state index in [1.165, 1.54) is 22.6 Å². The summed E-state index contributed by atoms with van der Waals surface area (Å²) in [6.45, 7) is 2.20. The van der Waals surface area contributed by atoms with Gasteiger partial charge in [0.2, 0.25) is 5.91 Å². The molecule has 2 aliphatic rings. The number of thiophene rings is 1. The van der Waals surface area contributed by atoms with E-state index in [2.05, 4.69) is 17.6 Å². The van der Waals surface area contributed by atoms with E-state index < -0.39 is 5.97 Å². The third-order valence-corrected chi connectivity index (χ3v) is 6.67. The second kappa shape index (κ2) is 8.87. The molecule has 1 aromatic heterocycles. The lowest BCUT2D eigenvalue weighted by Crippen LogP contribution is -2.37. The summed E-state index contributed by atoms with van der Waals surface area (Å²) in [5.74, 6) is -0.876. The molecular weight excluding hydrogens is 364 g/mol. The molecule has 1 atom stereocenters. The van der Waals surface area contributed by atoms with Gasteiger partial charge in [-0.2, -0.15) is 0 Å². The molecule has 1 unspecified atom stereocenters. The van der Waals surface area contributed by atoms with Crippen molar-refractivity contribution < 1.29 is 19.5 Å². The SMILES string of the molecule is CC1CCc2c(sc(NC(=O)CCC(=O)O)c2C(=O)NC2CCCCC2)C1. The van der Waals surface area contributed by atoms with Crippen LogP contribution in [-0.2, 0) is 22.4 Å². The molecule has 0 radical (unpaired) electrons. The van der Waals surface area contributed by atoms with Gasteiger partial charge in [-0.1, -0.05) is 26.2 Å². The van der Waals surface area contributed by atoms with Crippen molar-refractivity contribution in [3.63, 3.8) is 0 Å². The molecule has 2 aliphatic carbocycles. The number of anilines is 1. The highest BCUT2D eigenvalue weighted by Gasteiger charge is 2.29. The number of nitrogens with one attached hydrogen (secondary N) is 2. The first-order chi connectivity index (χ1) is 12.9. The number of aliphatic carboxylic acids is 1. The average molecular weight is 393 g/mol. The number of amides is 2. The van der Waals surface area contributed by atoms with Crippen LogP contribution in [0.3, 0.4) is 0 Å². The van der Waals surface area contributed by atoms with Gasteiger partial charge in [0.1, 0.15) is 5.00 Å². The Kier molecular flexibility index (Phi) is 6.52. The van der Waals surface area contributed by atoms with Crippen LogP contribution in [0.2, 0.25) is 0 Å². The van der Waals surface area contributed by atoms with Crippen LogP contribution in [-0.4, -0.2) is 28.9 Å². The zero-order chi connectivity index (χ0) is 19.4. The van der Waals surface area contributed by atoms with Crippen molar-refractivity contribution in [3.8, 4) is 0 Å². The molecule has 3 rings (SSSR count). The Hall–Kier alpha value is -1.89. The number of rotatable bonds is 6. The molecule has 0 bridgehead atoms. The van der Waals surface area contributed by atoms with E-state index in [4.69, 9.17) is 5.11 Å². The van der Waals surface area contributed by atoms with Crippen LogP contribution in [0.4, 0.5) is 5.00 Å². The maximum atomic E-state index is 13.0. The van der Waals surface area contributed by atoms with Gasteiger partial charge in [-0.15, -0.1) is 11.3 Å². The molecule has 1 fully saturated rings. The summed E-state index contributed by atoms with van der Waals surface area (Å²) in [6.07, 6.45) is 8.05. The number of carboxylic acids is 1. The summed E-state index contributed by atoms with van der Waals surface area (Å²) < 4.78 is 0. The maximum Gasteiger partial charge on any atom is 0.303 e. The fraction of sp³-hybridized carbons (Fsp3) is 0.650. The Bertz CT molecular complexity index is 722. The summed E-state index contributed by atoms with van der Waals surface area (Å²) in [5.41, 5.74) is 1.68. The highest BCUT2D eigenvalue weighted by atomic mass is 32.1. The molecule has 0 spiro atoms. The minimum atomic E-state index is -1.00. The summed E-state index contributed by atoms with van der Waals surface area (Å²) in [5, 5.41) is 15.3.